The molecular formula is C17H17IN6O. The van der Waals surface area contributed by atoms with Crippen molar-refractivity contribution >= 4 is 39.9 Å². The van der Waals surface area contributed by atoms with E-state index < -0.39 is 0 Å². The number of nitrogens with zero attached hydrogens (tertiary/aromatic N) is 4. The summed E-state index contributed by atoms with van der Waals surface area (Å²) in [4.78, 5) is 12.1. The Hall–Kier alpha value is -2.49. The van der Waals surface area contributed by atoms with Gasteiger partial charge in [0.25, 0.3) is 0 Å². The van der Waals surface area contributed by atoms with Crippen LogP contribution in [0.3, 0.4) is 0 Å². The summed E-state index contributed by atoms with van der Waals surface area (Å²) in [5, 5.41) is 17.6. The van der Waals surface area contributed by atoms with Gasteiger partial charge in [-0.2, -0.15) is 4.68 Å². The van der Waals surface area contributed by atoms with Gasteiger partial charge in [0.1, 0.15) is 0 Å². The van der Waals surface area contributed by atoms with Gasteiger partial charge in [-0.25, -0.2) is 0 Å². The molecule has 0 saturated heterocycles. The van der Waals surface area contributed by atoms with Crippen molar-refractivity contribution in [2.45, 2.75) is 13.8 Å². The van der Waals surface area contributed by atoms with Crippen LogP contribution in [-0.4, -0.2) is 32.7 Å². The van der Waals surface area contributed by atoms with Crippen molar-refractivity contribution in [3.63, 3.8) is 0 Å². The van der Waals surface area contributed by atoms with Gasteiger partial charge in [-0.15, -0.1) is 5.10 Å². The molecular weight excluding hydrogens is 431 g/mol. The summed E-state index contributed by atoms with van der Waals surface area (Å²) in [5.41, 5.74) is 3.54. The molecule has 1 heterocycles. The van der Waals surface area contributed by atoms with Crippen LogP contribution in [0.5, 0.6) is 0 Å². The molecule has 0 aliphatic heterocycles. The number of hydrogen-bond acceptors (Lipinski definition) is 5. The minimum absolute atomic E-state index is 0.109. The molecule has 25 heavy (non-hydrogen) atoms. The van der Waals surface area contributed by atoms with E-state index in [1.807, 2.05) is 56.3 Å². The predicted octanol–water partition coefficient (Wildman–Crippen LogP) is 2.93. The van der Waals surface area contributed by atoms with Gasteiger partial charge in [-0.05, 0) is 82.8 Å². The summed E-state index contributed by atoms with van der Waals surface area (Å²) in [5.74, 6) is 0.597. The molecule has 1 aromatic heterocycles. The number of tetrazole rings is 1. The van der Waals surface area contributed by atoms with Gasteiger partial charge < -0.3 is 10.6 Å². The molecule has 0 aliphatic carbocycles. The monoisotopic (exact) mass is 448 g/mol. The van der Waals surface area contributed by atoms with Crippen molar-refractivity contribution in [3.8, 4) is 5.69 Å². The molecule has 0 fully saturated rings. The molecule has 0 aliphatic rings. The quantitative estimate of drug-likeness (QED) is 0.587. The zero-order chi connectivity index (χ0) is 17.8. The van der Waals surface area contributed by atoms with Crippen molar-refractivity contribution in [3.05, 3.63) is 57.4 Å². The van der Waals surface area contributed by atoms with Gasteiger partial charge in [-0.3, -0.25) is 4.79 Å². The molecule has 0 radical (unpaired) electrons. The zero-order valence-electron chi connectivity index (χ0n) is 13.8. The molecule has 8 heteroatoms. The third-order valence-electron chi connectivity index (χ3n) is 3.62. The van der Waals surface area contributed by atoms with E-state index in [0.29, 0.717) is 5.82 Å². The van der Waals surface area contributed by atoms with Crippen molar-refractivity contribution in [1.82, 2.24) is 20.2 Å². The molecule has 0 spiro atoms. The standard InChI is InChI=1S/C17H17IN6O/c1-11-6-7-14(9-16(11)24-12(2)21-22-23-24)19-10-17(25)20-15-5-3-4-13(18)8-15/h3-9,19H,10H2,1-2H3,(H,20,25). The van der Waals surface area contributed by atoms with Crippen LogP contribution in [0.2, 0.25) is 0 Å². The van der Waals surface area contributed by atoms with E-state index in [1.54, 1.807) is 4.68 Å². The van der Waals surface area contributed by atoms with Crippen LogP contribution < -0.4 is 10.6 Å². The summed E-state index contributed by atoms with van der Waals surface area (Å²) in [6, 6.07) is 13.5. The Labute approximate surface area is 159 Å². The molecule has 0 saturated carbocycles. The summed E-state index contributed by atoms with van der Waals surface area (Å²) in [6.45, 7) is 4.00. The Kier molecular flexibility index (Phi) is 5.27. The van der Waals surface area contributed by atoms with Gasteiger partial charge in [0, 0.05) is 14.9 Å². The minimum Gasteiger partial charge on any atom is -0.376 e. The van der Waals surface area contributed by atoms with Crippen molar-refractivity contribution in [2.75, 3.05) is 17.2 Å². The molecule has 128 valence electrons. The van der Waals surface area contributed by atoms with Crippen LogP contribution in [-0.2, 0) is 4.79 Å². The number of halogens is 1. The van der Waals surface area contributed by atoms with Crippen LogP contribution in [0.1, 0.15) is 11.4 Å². The average molecular weight is 448 g/mol. The number of rotatable bonds is 5. The summed E-state index contributed by atoms with van der Waals surface area (Å²) in [6.07, 6.45) is 0. The molecule has 3 rings (SSSR count). The molecule has 0 atom stereocenters. The van der Waals surface area contributed by atoms with Crippen LogP contribution in [0, 0.1) is 17.4 Å². The normalized spacial score (nSPS) is 10.5. The lowest BCUT2D eigenvalue weighted by Crippen LogP contribution is -2.21. The fraction of sp³-hybridized carbons (Fsp3) is 0.176. The molecule has 0 unspecified atom stereocenters. The van der Waals surface area contributed by atoms with E-state index in [4.69, 9.17) is 0 Å². The van der Waals surface area contributed by atoms with Crippen molar-refractivity contribution in [1.29, 1.82) is 0 Å². The Morgan fingerprint density at radius 2 is 2.00 bits per heavy atom. The second kappa shape index (κ2) is 7.60. The Bertz CT molecular complexity index is 908. The SMILES string of the molecule is Cc1ccc(NCC(=O)Nc2cccc(I)c2)cc1-n1nnnc1C. The third-order valence-corrected chi connectivity index (χ3v) is 4.30. The fourth-order valence-electron chi connectivity index (χ4n) is 2.36. The highest BCUT2D eigenvalue weighted by molar-refractivity contribution is 14.1. The topological polar surface area (TPSA) is 84.7 Å². The van der Waals surface area contributed by atoms with E-state index in [-0.39, 0.29) is 12.5 Å². The number of carbonyl (C=O) groups excluding carboxylic acids is 1. The van der Waals surface area contributed by atoms with Crippen molar-refractivity contribution in [2.24, 2.45) is 0 Å². The summed E-state index contributed by atoms with van der Waals surface area (Å²) >= 11 is 2.21. The molecule has 2 N–H and O–H groups in total. The number of aryl methyl sites for hydroxylation is 2. The van der Waals surface area contributed by atoms with Crippen LogP contribution >= 0.6 is 22.6 Å². The van der Waals surface area contributed by atoms with Gasteiger partial charge in [0.05, 0.1) is 12.2 Å². The highest BCUT2D eigenvalue weighted by Gasteiger charge is 2.09. The third kappa shape index (κ3) is 4.32. The van der Waals surface area contributed by atoms with Crippen LogP contribution in [0.25, 0.3) is 5.69 Å². The number of anilines is 2. The van der Waals surface area contributed by atoms with Gasteiger partial charge in [-0.1, -0.05) is 12.1 Å². The predicted molar refractivity (Wildman–Crippen MR) is 105 cm³/mol. The largest absolute Gasteiger partial charge is 0.376 e. The zero-order valence-corrected chi connectivity index (χ0v) is 16.0. The van der Waals surface area contributed by atoms with Crippen LogP contribution in [0.4, 0.5) is 11.4 Å². The van der Waals surface area contributed by atoms with E-state index in [0.717, 1.165) is 26.2 Å². The first-order chi connectivity index (χ1) is 12.0. The van der Waals surface area contributed by atoms with E-state index in [2.05, 4.69) is 48.7 Å². The number of nitrogens with one attached hydrogen (secondary N) is 2. The molecule has 0 bridgehead atoms. The second-order valence-corrected chi connectivity index (χ2v) is 6.80. The first kappa shape index (κ1) is 17.3. The average Bonchev–Trinajstić information content (AvgIpc) is 3.00. The molecule has 1 amide bonds. The number of carbonyl (C=O) groups is 1. The Morgan fingerprint density at radius 3 is 2.72 bits per heavy atom. The lowest BCUT2D eigenvalue weighted by molar-refractivity contribution is -0.114. The number of hydrogen-bond donors (Lipinski definition) is 2. The first-order valence-electron chi connectivity index (χ1n) is 7.68. The highest BCUT2D eigenvalue weighted by Crippen LogP contribution is 2.19. The highest BCUT2D eigenvalue weighted by atomic mass is 127. The number of amides is 1. The maximum atomic E-state index is 12.1. The summed E-state index contributed by atoms with van der Waals surface area (Å²) < 4.78 is 2.75. The number of benzene rings is 2. The van der Waals surface area contributed by atoms with Gasteiger partial charge >= 0.3 is 0 Å². The van der Waals surface area contributed by atoms with E-state index in [9.17, 15) is 4.79 Å². The first-order valence-corrected chi connectivity index (χ1v) is 8.76. The minimum atomic E-state index is -0.109. The van der Waals surface area contributed by atoms with Gasteiger partial charge in [0.2, 0.25) is 5.91 Å². The van der Waals surface area contributed by atoms with E-state index in [1.165, 1.54) is 0 Å². The lowest BCUT2D eigenvalue weighted by Gasteiger charge is -2.11. The second-order valence-electron chi connectivity index (χ2n) is 5.55. The molecule has 3 aromatic rings. The smallest absolute Gasteiger partial charge is 0.243 e. The maximum absolute atomic E-state index is 12.1. The Balaban J connectivity index is 1.67. The summed E-state index contributed by atoms with van der Waals surface area (Å²) in [7, 11) is 0. The van der Waals surface area contributed by atoms with Gasteiger partial charge in [0.15, 0.2) is 5.82 Å². The number of aromatic nitrogens is 4. The van der Waals surface area contributed by atoms with Crippen molar-refractivity contribution < 1.29 is 4.79 Å². The molecule has 2 aromatic carbocycles. The lowest BCUT2D eigenvalue weighted by atomic mass is 10.2. The van der Waals surface area contributed by atoms with E-state index >= 15 is 0 Å². The van der Waals surface area contributed by atoms with Crippen LogP contribution in [0.15, 0.2) is 42.5 Å². The fourth-order valence-corrected chi connectivity index (χ4v) is 2.90. The Morgan fingerprint density at radius 1 is 1.16 bits per heavy atom. The molecule has 7 nitrogen and oxygen atoms in total. The maximum Gasteiger partial charge on any atom is 0.243 e.